The number of hydrogen-bond donors (Lipinski definition) is 2. The van der Waals surface area contributed by atoms with Gasteiger partial charge in [-0.25, -0.2) is 0 Å². The lowest BCUT2D eigenvalue weighted by Gasteiger charge is -2.31. The monoisotopic (exact) mass is 533 g/mol. The molecule has 1 aromatic heterocycles. The zero-order valence-corrected chi connectivity index (χ0v) is 21.9. The number of rotatable bonds is 10. The van der Waals surface area contributed by atoms with Crippen molar-refractivity contribution in [1.82, 2.24) is 5.32 Å². The molecule has 4 rings (SSSR count). The van der Waals surface area contributed by atoms with Gasteiger partial charge in [-0.05, 0) is 59.0 Å². The molecule has 190 valence electrons. The maximum absolute atomic E-state index is 13.8. The summed E-state index contributed by atoms with van der Waals surface area (Å²) in [5, 5.41) is 7.20. The first kappa shape index (κ1) is 26.5. The van der Waals surface area contributed by atoms with Gasteiger partial charge in [0.15, 0.2) is 0 Å². The second kappa shape index (κ2) is 12.1. The molecule has 0 saturated heterocycles. The zero-order valence-electron chi connectivity index (χ0n) is 20.3. The summed E-state index contributed by atoms with van der Waals surface area (Å²) >= 11 is 7.55. The van der Waals surface area contributed by atoms with E-state index in [-0.39, 0.29) is 6.42 Å². The Morgan fingerprint density at radius 1 is 1.00 bits per heavy atom. The fraction of sp³-hybridized carbons (Fsp3) is 0.207. The van der Waals surface area contributed by atoms with Crippen LogP contribution in [0.1, 0.15) is 17.4 Å². The number of carbonyl (C=O) groups excluding carboxylic acids is 3. The summed E-state index contributed by atoms with van der Waals surface area (Å²) in [6.07, 6.45) is 1.43. The van der Waals surface area contributed by atoms with Crippen molar-refractivity contribution < 1.29 is 14.4 Å². The average Bonchev–Trinajstić information content (AvgIpc) is 3.42. The number of thiophene rings is 1. The molecule has 6 nitrogen and oxygen atoms in total. The van der Waals surface area contributed by atoms with Crippen LogP contribution in [0.15, 0.2) is 84.2 Å². The van der Waals surface area contributed by atoms with Crippen molar-refractivity contribution in [1.29, 1.82) is 0 Å². The number of benzene rings is 3. The van der Waals surface area contributed by atoms with E-state index in [9.17, 15) is 14.4 Å². The van der Waals surface area contributed by atoms with Crippen molar-refractivity contribution >= 4 is 57.5 Å². The van der Waals surface area contributed by atoms with Gasteiger partial charge >= 0.3 is 0 Å². The van der Waals surface area contributed by atoms with Gasteiger partial charge in [-0.1, -0.05) is 60.1 Å². The third-order valence-electron chi connectivity index (χ3n) is 6.16. The maximum Gasteiger partial charge on any atom is 0.249 e. The molecule has 2 amide bonds. The van der Waals surface area contributed by atoms with Gasteiger partial charge in [0.25, 0.3) is 0 Å². The van der Waals surface area contributed by atoms with E-state index in [2.05, 4.69) is 5.32 Å². The molecular weight excluding hydrogens is 506 g/mol. The molecule has 0 saturated carbocycles. The molecule has 0 spiro atoms. The molecule has 4 aromatic rings. The third kappa shape index (κ3) is 6.63. The van der Waals surface area contributed by atoms with E-state index >= 15 is 0 Å². The van der Waals surface area contributed by atoms with E-state index in [1.165, 1.54) is 16.2 Å². The standard InChI is InChI=1S/C29H28ClN3O3S/c1-19(32-28(35)27(31)17-26-7-4-14-37-26)29(36)33(24-13-10-21-5-2-3-6-22(21)16-24)25(18-34)15-20-8-11-23(30)12-9-20/h2-14,16,18-19,25,27H,15,17,31H2,1H3,(H,32,35)/t19-,25-,27-/m0/s1. The predicted octanol–water partition coefficient (Wildman–Crippen LogP) is 4.77. The molecule has 3 aromatic carbocycles. The molecule has 0 bridgehead atoms. The lowest BCUT2D eigenvalue weighted by Crippen LogP contribution is -2.54. The van der Waals surface area contributed by atoms with Gasteiger partial charge in [-0.3, -0.25) is 9.59 Å². The highest BCUT2D eigenvalue weighted by Crippen LogP contribution is 2.26. The molecule has 1 heterocycles. The topological polar surface area (TPSA) is 92.5 Å². The van der Waals surface area contributed by atoms with Crippen LogP contribution in [0.2, 0.25) is 5.02 Å². The summed E-state index contributed by atoms with van der Waals surface area (Å²) in [7, 11) is 0. The molecule has 8 heteroatoms. The second-order valence-electron chi connectivity index (χ2n) is 8.89. The summed E-state index contributed by atoms with van der Waals surface area (Å²) in [5.74, 6) is -0.828. The number of amides is 2. The van der Waals surface area contributed by atoms with Crippen molar-refractivity contribution in [3.05, 3.63) is 99.7 Å². The van der Waals surface area contributed by atoms with Crippen molar-refractivity contribution in [2.75, 3.05) is 4.90 Å². The van der Waals surface area contributed by atoms with E-state index in [1.807, 2.05) is 72.1 Å². The van der Waals surface area contributed by atoms with Crippen molar-refractivity contribution in [2.24, 2.45) is 5.73 Å². The van der Waals surface area contributed by atoms with E-state index in [0.717, 1.165) is 27.5 Å². The number of nitrogens with one attached hydrogen (secondary N) is 1. The molecule has 0 unspecified atom stereocenters. The smallest absolute Gasteiger partial charge is 0.249 e. The SMILES string of the molecule is C[C@H](NC(=O)[C@@H](N)Cc1cccs1)C(=O)N(c1ccc2ccccc2c1)[C@H](C=O)Cc1ccc(Cl)cc1. The molecule has 0 fully saturated rings. The fourth-order valence-electron chi connectivity index (χ4n) is 4.20. The number of nitrogens with two attached hydrogens (primary N) is 1. The van der Waals surface area contributed by atoms with E-state index in [0.29, 0.717) is 17.1 Å². The van der Waals surface area contributed by atoms with Gasteiger partial charge in [0.05, 0.1) is 12.1 Å². The summed E-state index contributed by atoms with van der Waals surface area (Å²) in [6, 6.07) is 21.9. The minimum atomic E-state index is -0.902. The van der Waals surface area contributed by atoms with Gasteiger partial charge in [-0.15, -0.1) is 11.3 Å². The molecular formula is C29H28ClN3O3S. The van der Waals surface area contributed by atoms with Gasteiger partial charge in [-0.2, -0.15) is 0 Å². The van der Waals surface area contributed by atoms with Crippen molar-refractivity contribution in [3.63, 3.8) is 0 Å². The van der Waals surface area contributed by atoms with E-state index in [4.69, 9.17) is 17.3 Å². The average molecular weight is 534 g/mol. The van der Waals surface area contributed by atoms with E-state index < -0.39 is 29.9 Å². The largest absolute Gasteiger partial charge is 0.343 e. The Morgan fingerprint density at radius 3 is 2.41 bits per heavy atom. The Hall–Kier alpha value is -3.52. The van der Waals surface area contributed by atoms with Crippen LogP contribution in [0.5, 0.6) is 0 Å². The quantitative estimate of drug-likeness (QED) is 0.287. The van der Waals surface area contributed by atoms with Crippen molar-refractivity contribution in [3.8, 4) is 0 Å². The van der Waals surface area contributed by atoms with Gasteiger partial charge < -0.3 is 20.7 Å². The summed E-state index contributed by atoms with van der Waals surface area (Å²) in [6.45, 7) is 1.61. The first-order valence-electron chi connectivity index (χ1n) is 12.0. The minimum Gasteiger partial charge on any atom is -0.343 e. The van der Waals surface area contributed by atoms with Crippen LogP contribution < -0.4 is 16.0 Å². The van der Waals surface area contributed by atoms with Gasteiger partial charge in [0.1, 0.15) is 12.3 Å². The number of fused-ring (bicyclic) bond motifs is 1. The first-order chi connectivity index (χ1) is 17.9. The second-order valence-corrected chi connectivity index (χ2v) is 10.4. The number of aldehydes is 1. The fourth-order valence-corrected chi connectivity index (χ4v) is 5.09. The third-order valence-corrected chi connectivity index (χ3v) is 7.31. The highest BCUT2D eigenvalue weighted by atomic mass is 35.5. The number of halogens is 1. The Kier molecular flexibility index (Phi) is 8.71. The van der Waals surface area contributed by atoms with E-state index in [1.54, 1.807) is 19.1 Å². The Morgan fingerprint density at radius 2 is 1.73 bits per heavy atom. The zero-order chi connectivity index (χ0) is 26.4. The molecule has 3 atom stereocenters. The highest BCUT2D eigenvalue weighted by Gasteiger charge is 2.31. The predicted molar refractivity (Wildman–Crippen MR) is 150 cm³/mol. The Balaban J connectivity index is 1.60. The van der Waals surface area contributed by atoms with Crippen molar-refractivity contribution in [2.45, 2.75) is 37.9 Å². The normalized spacial score (nSPS) is 13.5. The summed E-state index contributed by atoms with van der Waals surface area (Å²) < 4.78 is 0. The summed E-state index contributed by atoms with van der Waals surface area (Å²) in [4.78, 5) is 41.4. The van der Waals surface area contributed by atoms with Crippen LogP contribution in [-0.4, -0.2) is 36.2 Å². The lowest BCUT2D eigenvalue weighted by atomic mass is 10.0. The number of hydrogen-bond acceptors (Lipinski definition) is 5. The molecule has 37 heavy (non-hydrogen) atoms. The molecule has 0 aliphatic rings. The van der Waals surface area contributed by atoms with Crippen LogP contribution in [0.4, 0.5) is 5.69 Å². The maximum atomic E-state index is 13.8. The van der Waals surface area contributed by atoms with Gasteiger partial charge in [0.2, 0.25) is 11.8 Å². The van der Waals surface area contributed by atoms with Crippen LogP contribution in [0.3, 0.4) is 0 Å². The molecule has 3 N–H and O–H groups in total. The minimum absolute atomic E-state index is 0.289. The Bertz CT molecular complexity index is 1370. The van der Waals surface area contributed by atoms with Gasteiger partial charge in [0, 0.05) is 28.4 Å². The Labute approximate surface area is 225 Å². The molecule has 0 aliphatic heterocycles. The number of anilines is 1. The van der Waals surface area contributed by atoms with Crippen LogP contribution >= 0.6 is 22.9 Å². The number of carbonyl (C=O) groups is 3. The van der Waals surface area contributed by atoms with Crippen LogP contribution in [-0.2, 0) is 27.2 Å². The van der Waals surface area contributed by atoms with Crippen LogP contribution in [0.25, 0.3) is 10.8 Å². The highest BCUT2D eigenvalue weighted by molar-refractivity contribution is 7.09. The first-order valence-corrected chi connectivity index (χ1v) is 13.2. The molecule has 0 radical (unpaired) electrons. The number of nitrogens with zero attached hydrogens (tertiary/aromatic N) is 1. The van der Waals surface area contributed by atoms with Crippen LogP contribution in [0, 0.1) is 0 Å². The molecule has 0 aliphatic carbocycles. The lowest BCUT2D eigenvalue weighted by molar-refractivity contribution is -0.128. The summed E-state index contributed by atoms with van der Waals surface area (Å²) in [5.41, 5.74) is 7.53.